The Morgan fingerprint density at radius 2 is 1.79 bits per heavy atom. The van der Waals surface area contributed by atoms with Crippen molar-refractivity contribution in [3.63, 3.8) is 0 Å². The highest BCUT2D eigenvalue weighted by Gasteiger charge is 2.22. The number of nitro groups is 1. The van der Waals surface area contributed by atoms with Gasteiger partial charge in [0.05, 0.1) is 4.92 Å². The number of nitrogens with zero attached hydrogens (tertiary/aromatic N) is 3. The highest BCUT2D eigenvalue weighted by molar-refractivity contribution is 5.57. The third-order valence-electron chi connectivity index (χ3n) is 5.31. The fraction of sp³-hybridized carbons (Fsp3) is 0.474. The standard InChI is InChI=1S/C19H24F2N6O2/c20-15-2-1-3-16(21)14(15)10-24-19-25-11-17(27(28)29)18(26-19)23-9-13-6-4-12(8-22)5-7-13/h1-3,11-13H,4-10,22H2,(H2,23,24,25,26). The van der Waals surface area contributed by atoms with Gasteiger partial charge < -0.3 is 16.4 Å². The van der Waals surface area contributed by atoms with E-state index in [2.05, 4.69) is 20.6 Å². The Balaban J connectivity index is 1.67. The van der Waals surface area contributed by atoms with E-state index >= 15 is 0 Å². The predicted molar refractivity (Wildman–Crippen MR) is 105 cm³/mol. The van der Waals surface area contributed by atoms with Gasteiger partial charge in [0.15, 0.2) is 0 Å². The van der Waals surface area contributed by atoms with Crippen molar-refractivity contribution in [3.8, 4) is 0 Å². The van der Waals surface area contributed by atoms with Gasteiger partial charge in [0.1, 0.15) is 17.8 Å². The van der Waals surface area contributed by atoms with Crippen LogP contribution in [0, 0.1) is 33.6 Å². The lowest BCUT2D eigenvalue weighted by molar-refractivity contribution is -0.384. The summed E-state index contributed by atoms with van der Waals surface area (Å²) in [5, 5.41) is 17.1. The van der Waals surface area contributed by atoms with E-state index in [4.69, 9.17) is 5.73 Å². The van der Waals surface area contributed by atoms with E-state index in [0.29, 0.717) is 24.9 Å². The molecule has 1 aliphatic rings. The number of nitrogens with one attached hydrogen (secondary N) is 2. The zero-order chi connectivity index (χ0) is 20.8. The van der Waals surface area contributed by atoms with Gasteiger partial charge in [-0.25, -0.2) is 13.8 Å². The first-order valence-electron chi connectivity index (χ1n) is 9.60. The van der Waals surface area contributed by atoms with Crippen LogP contribution in [0.25, 0.3) is 0 Å². The number of benzene rings is 1. The maximum absolute atomic E-state index is 13.8. The number of rotatable bonds is 8. The summed E-state index contributed by atoms with van der Waals surface area (Å²) in [6.07, 6.45) is 5.20. The first-order chi connectivity index (χ1) is 14.0. The van der Waals surface area contributed by atoms with Crippen LogP contribution in [0.1, 0.15) is 31.2 Å². The van der Waals surface area contributed by atoms with Crippen LogP contribution in [0.5, 0.6) is 0 Å². The summed E-state index contributed by atoms with van der Waals surface area (Å²) in [5.41, 5.74) is 5.31. The van der Waals surface area contributed by atoms with Gasteiger partial charge in [-0.2, -0.15) is 4.98 Å². The van der Waals surface area contributed by atoms with Crippen molar-refractivity contribution >= 4 is 17.5 Å². The predicted octanol–water partition coefficient (Wildman–Crippen LogP) is 3.45. The number of halogens is 2. The summed E-state index contributed by atoms with van der Waals surface area (Å²) in [5.74, 6) is -0.308. The molecule has 29 heavy (non-hydrogen) atoms. The molecule has 8 nitrogen and oxygen atoms in total. The molecule has 0 radical (unpaired) electrons. The maximum atomic E-state index is 13.8. The summed E-state index contributed by atoms with van der Waals surface area (Å²) in [6, 6.07) is 3.59. The minimum absolute atomic E-state index is 0.0487. The summed E-state index contributed by atoms with van der Waals surface area (Å²) in [7, 11) is 0. The lowest BCUT2D eigenvalue weighted by Gasteiger charge is -2.27. The Morgan fingerprint density at radius 1 is 1.14 bits per heavy atom. The number of hydrogen-bond donors (Lipinski definition) is 3. The van der Waals surface area contributed by atoms with Crippen molar-refractivity contribution in [2.45, 2.75) is 32.2 Å². The molecule has 0 saturated heterocycles. The summed E-state index contributed by atoms with van der Waals surface area (Å²) >= 11 is 0. The normalized spacial score (nSPS) is 19.0. The van der Waals surface area contributed by atoms with Gasteiger partial charge in [-0.05, 0) is 56.2 Å². The van der Waals surface area contributed by atoms with Crippen LogP contribution in [-0.2, 0) is 6.54 Å². The van der Waals surface area contributed by atoms with Gasteiger partial charge in [-0.3, -0.25) is 10.1 Å². The molecule has 1 aromatic heterocycles. The molecule has 0 spiro atoms. The van der Waals surface area contributed by atoms with Crippen LogP contribution >= 0.6 is 0 Å². The van der Waals surface area contributed by atoms with Crippen molar-refractivity contribution < 1.29 is 13.7 Å². The van der Waals surface area contributed by atoms with E-state index in [1.54, 1.807) is 0 Å². The molecule has 0 aliphatic heterocycles. The fourth-order valence-electron chi connectivity index (χ4n) is 3.51. The van der Waals surface area contributed by atoms with E-state index in [9.17, 15) is 18.9 Å². The Kier molecular flexibility index (Phi) is 6.86. The van der Waals surface area contributed by atoms with E-state index in [0.717, 1.165) is 44.0 Å². The Morgan fingerprint density at radius 3 is 2.41 bits per heavy atom. The van der Waals surface area contributed by atoms with Crippen molar-refractivity contribution in [2.24, 2.45) is 17.6 Å². The number of anilines is 2. The molecular formula is C19H24F2N6O2. The smallest absolute Gasteiger partial charge is 0.329 e. The zero-order valence-corrected chi connectivity index (χ0v) is 15.9. The van der Waals surface area contributed by atoms with E-state index < -0.39 is 16.6 Å². The second-order valence-corrected chi connectivity index (χ2v) is 7.24. The highest BCUT2D eigenvalue weighted by atomic mass is 19.1. The van der Waals surface area contributed by atoms with Crippen LogP contribution in [-0.4, -0.2) is 28.0 Å². The lowest BCUT2D eigenvalue weighted by atomic mass is 9.82. The van der Waals surface area contributed by atoms with E-state index in [1.165, 1.54) is 6.07 Å². The molecule has 4 N–H and O–H groups in total. The minimum Gasteiger partial charge on any atom is -0.364 e. The molecule has 0 bridgehead atoms. The number of hydrogen-bond acceptors (Lipinski definition) is 7. The summed E-state index contributed by atoms with van der Waals surface area (Å²) in [6.45, 7) is 1.06. The second kappa shape index (κ2) is 9.55. The molecule has 1 aromatic carbocycles. The molecular weight excluding hydrogens is 382 g/mol. The van der Waals surface area contributed by atoms with Crippen LogP contribution in [0.15, 0.2) is 24.4 Å². The van der Waals surface area contributed by atoms with Gasteiger partial charge in [0.25, 0.3) is 0 Å². The van der Waals surface area contributed by atoms with Gasteiger partial charge in [-0.15, -0.1) is 0 Å². The van der Waals surface area contributed by atoms with Crippen molar-refractivity contribution in [1.29, 1.82) is 0 Å². The molecule has 156 valence electrons. The molecule has 10 heteroatoms. The average Bonchev–Trinajstić information content (AvgIpc) is 2.72. The van der Waals surface area contributed by atoms with Gasteiger partial charge in [-0.1, -0.05) is 6.07 Å². The lowest BCUT2D eigenvalue weighted by Crippen LogP contribution is -2.25. The minimum atomic E-state index is -0.689. The first-order valence-corrected chi connectivity index (χ1v) is 9.60. The molecule has 1 saturated carbocycles. The van der Waals surface area contributed by atoms with Crippen LogP contribution in [0.2, 0.25) is 0 Å². The van der Waals surface area contributed by atoms with Crippen molar-refractivity contribution in [2.75, 3.05) is 23.7 Å². The highest BCUT2D eigenvalue weighted by Crippen LogP contribution is 2.29. The van der Waals surface area contributed by atoms with Gasteiger partial charge >= 0.3 is 5.69 Å². The monoisotopic (exact) mass is 406 g/mol. The van der Waals surface area contributed by atoms with Crippen molar-refractivity contribution in [3.05, 3.63) is 51.7 Å². The third kappa shape index (κ3) is 5.35. The van der Waals surface area contributed by atoms with Gasteiger partial charge in [0.2, 0.25) is 11.8 Å². The summed E-state index contributed by atoms with van der Waals surface area (Å²) < 4.78 is 27.5. The van der Waals surface area contributed by atoms with Crippen LogP contribution in [0.4, 0.5) is 26.2 Å². The Labute approximate surface area is 167 Å². The number of aromatic nitrogens is 2. The van der Waals surface area contributed by atoms with Crippen molar-refractivity contribution in [1.82, 2.24) is 9.97 Å². The molecule has 1 heterocycles. The zero-order valence-electron chi connectivity index (χ0n) is 15.9. The quantitative estimate of drug-likeness (QED) is 0.454. The molecule has 0 amide bonds. The van der Waals surface area contributed by atoms with E-state index in [1.807, 2.05) is 0 Å². The Hall–Kier alpha value is -2.88. The summed E-state index contributed by atoms with van der Waals surface area (Å²) in [4.78, 5) is 18.8. The average molecular weight is 406 g/mol. The third-order valence-corrected chi connectivity index (χ3v) is 5.31. The molecule has 2 aromatic rings. The topological polar surface area (TPSA) is 119 Å². The van der Waals surface area contributed by atoms with Crippen LogP contribution < -0.4 is 16.4 Å². The fourth-order valence-corrected chi connectivity index (χ4v) is 3.51. The molecule has 1 fully saturated rings. The van der Waals surface area contributed by atoms with Gasteiger partial charge in [0, 0.05) is 18.7 Å². The largest absolute Gasteiger partial charge is 0.364 e. The molecule has 1 aliphatic carbocycles. The SMILES string of the molecule is NCC1CCC(CNc2nc(NCc3c(F)cccc3F)ncc2[N+](=O)[O-])CC1. The van der Waals surface area contributed by atoms with E-state index in [-0.39, 0.29) is 29.6 Å². The molecule has 0 unspecified atom stereocenters. The number of nitrogens with two attached hydrogens (primary N) is 1. The first kappa shape index (κ1) is 20.8. The van der Waals surface area contributed by atoms with Crippen LogP contribution in [0.3, 0.4) is 0 Å². The Bertz CT molecular complexity index is 838. The molecule has 0 atom stereocenters. The second-order valence-electron chi connectivity index (χ2n) is 7.24. The maximum Gasteiger partial charge on any atom is 0.329 e. The molecule has 3 rings (SSSR count).